The molecule has 2 N–H and O–H groups in total. The average molecular weight is 266 g/mol. The Hall–Kier alpha value is -1.52. The van der Waals surface area contributed by atoms with Crippen LogP contribution in [0.4, 0.5) is 5.88 Å². The van der Waals surface area contributed by atoms with Gasteiger partial charge in [0.1, 0.15) is 0 Å². The molecule has 0 bridgehead atoms. The summed E-state index contributed by atoms with van der Waals surface area (Å²) in [5.41, 5.74) is 5.79. The molecule has 1 aliphatic rings. The van der Waals surface area contributed by atoms with Crippen LogP contribution in [0.25, 0.3) is 0 Å². The van der Waals surface area contributed by atoms with E-state index in [0.717, 1.165) is 6.42 Å². The molecule has 2 rings (SSSR count). The Labute approximate surface area is 113 Å². The van der Waals surface area contributed by atoms with Gasteiger partial charge in [-0.1, -0.05) is 25.7 Å². The van der Waals surface area contributed by atoms with Crippen molar-refractivity contribution in [3.05, 3.63) is 11.6 Å². The number of anilines is 1. The fourth-order valence-electron chi connectivity index (χ4n) is 2.63. The van der Waals surface area contributed by atoms with Gasteiger partial charge in [-0.25, -0.2) is 9.78 Å². The molecular formula is C14H22N2O3. The first kappa shape index (κ1) is 13.9. The van der Waals surface area contributed by atoms with Crippen molar-refractivity contribution in [1.82, 2.24) is 4.98 Å². The van der Waals surface area contributed by atoms with Crippen LogP contribution in [0.15, 0.2) is 4.42 Å². The smallest absolute Gasteiger partial charge is 0.362 e. The normalized spacial score (nSPS) is 17.1. The fourth-order valence-corrected chi connectivity index (χ4v) is 2.63. The first-order chi connectivity index (χ1) is 9.20. The average Bonchev–Trinajstić information content (AvgIpc) is 2.59. The molecule has 1 fully saturated rings. The number of nitrogens with two attached hydrogens (primary N) is 1. The van der Waals surface area contributed by atoms with Crippen molar-refractivity contribution in [2.24, 2.45) is 5.92 Å². The summed E-state index contributed by atoms with van der Waals surface area (Å²) in [6.07, 6.45) is 8.35. The highest BCUT2D eigenvalue weighted by Crippen LogP contribution is 2.27. The Kier molecular flexibility index (Phi) is 4.82. The van der Waals surface area contributed by atoms with Crippen molar-refractivity contribution < 1.29 is 13.9 Å². The van der Waals surface area contributed by atoms with Crippen LogP contribution in [0, 0.1) is 5.92 Å². The predicted octanol–water partition coefficient (Wildman–Crippen LogP) is 2.95. The van der Waals surface area contributed by atoms with Gasteiger partial charge in [0.25, 0.3) is 0 Å². The zero-order chi connectivity index (χ0) is 13.7. The van der Waals surface area contributed by atoms with Crippen LogP contribution in [0.2, 0.25) is 0 Å². The maximum absolute atomic E-state index is 11.6. The third-order valence-corrected chi connectivity index (χ3v) is 3.60. The van der Waals surface area contributed by atoms with E-state index >= 15 is 0 Å². The molecule has 19 heavy (non-hydrogen) atoms. The van der Waals surface area contributed by atoms with E-state index in [1.807, 2.05) is 0 Å². The number of hydrogen-bond acceptors (Lipinski definition) is 5. The number of hydrogen-bond donors (Lipinski definition) is 1. The van der Waals surface area contributed by atoms with E-state index in [-0.39, 0.29) is 11.6 Å². The fraction of sp³-hybridized carbons (Fsp3) is 0.714. The summed E-state index contributed by atoms with van der Waals surface area (Å²) in [5.74, 6) is 0.723. The number of carbonyl (C=O) groups excluding carboxylic acids is 1. The van der Waals surface area contributed by atoms with E-state index in [9.17, 15) is 4.79 Å². The Morgan fingerprint density at radius 1 is 1.37 bits per heavy atom. The number of esters is 1. The molecule has 0 aromatic carbocycles. The van der Waals surface area contributed by atoms with Crippen LogP contribution in [-0.2, 0) is 11.2 Å². The molecule has 5 nitrogen and oxygen atoms in total. The quantitative estimate of drug-likeness (QED) is 0.669. The molecule has 1 aliphatic carbocycles. The summed E-state index contributed by atoms with van der Waals surface area (Å²) >= 11 is 0. The molecule has 0 amide bonds. The Morgan fingerprint density at radius 2 is 2.05 bits per heavy atom. The SMILES string of the molecule is CCOC(=O)c1nc(CC2CCCCCC2)oc1N. The molecule has 0 saturated heterocycles. The van der Waals surface area contributed by atoms with Crippen molar-refractivity contribution in [1.29, 1.82) is 0 Å². The van der Waals surface area contributed by atoms with Crippen LogP contribution in [-0.4, -0.2) is 17.6 Å². The van der Waals surface area contributed by atoms with Gasteiger partial charge in [0.15, 0.2) is 5.89 Å². The highest BCUT2D eigenvalue weighted by molar-refractivity contribution is 5.91. The summed E-state index contributed by atoms with van der Waals surface area (Å²) in [6.45, 7) is 2.06. The number of nitrogens with zero attached hydrogens (tertiary/aromatic N) is 1. The molecule has 0 aliphatic heterocycles. The standard InChI is InChI=1S/C14H22N2O3/c1-2-18-14(17)12-13(15)19-11(16-12)9-10-7-5-3-4-6-8-10/h10H,2-9,15H2,1H3. The Bertz CT molecular complexity index is 420. The minimum absolute atomic E-state index is 0.0714. The predicted molar refractivity (Wildman–Crippen MR) is 71.8 cm³/mol. The van der Waals surface area contributed by atoms with Gasteiger partial charge in [-0.15, -0.1) is 0 Å². The second kappa shape index (κ2) is 6.59. The van der Waals surface area contributed by atoms with E-state index in [2.05, 4.69) is 4.98 Å². The zero-order valence-corrected chi connectivity index (χ0v) is 11.5. The largest absolute Gasteiger partial charge is 0.461 e. The molecule has 1 aromatic heterocycles. The lowest BCUT2D eigenvalue weighted by Crippen LogP contribution is -2.08. The van der Waals surface area contributed by atoms with Gasteiger partial charge >= 0.3 is 5.97 Å². The van der Waals surface area contributed by atoms with Crippen molar-refractivity contribution in [3.8, 4) is 0 Å². The third kappa shape index (κ3) is 3.72. The van der Waals surface area contributed by atoms with Crippen molar-refractivity contribution >= 4 is 11.9 Å². The van der Waals surface area contributed by atoms with Gasteiger partial charge in [-0.05, 0) is 25.7 Å². The maximum atomic E-state index is 11.6. The van der Waals surface area contributed by atoms with E-state index in [1.165, 1.54) is 38.5 Å². The molecule has 0 unspecified atom stereocenters. The minimum atomic E-state index is -0.504. The third-order valence-electron chi connectivity index (χ3n) is 3.60. The number of rotatable bonds is 4. The van der Waals surface area contributed by atoms with Crippen molar-refractivity contribution in [3.63, 3.8) is 0 Å². The van der Waals surface area contributed by atoms with Gasteiger partial charge in [-0.3, -0.25) is 0 Å². The lowest BCUT2D eigenvalue weighted by atomic mass is 9.97. The second-order valence-electron chi connectivity index (χ2n) is 5.10. The topological polar surface area (TPSA) is 78.3 Å². The molecular weight excluding hydrogens is 244 g/mol. The number of aromatic nitrogens is 1. The van der Waals surface area contributed by atoms with Crippen LogP contribution in [0.1, 0.15) is 61.8 Å². The number of carbonyl (C=O) groups is 1. The maximum Gasteiger partial charge on any atom is 0.362 e. The van der Waals surface area contributed by atoms with Gasteiger partial charge in [-0.2, -0.15) is 0 Å². The summed E-state index contributed by atoms with van der Waals surface area (Å²) in [5, 5.41) is 0. The number of nitrogen functional groups attached to an aromatic ring is 1. The van der Waals surface area contributed by atoms with Gasteiger partial charge in [0, 0.05) is 6.42 Å². The lowest BCUT2D eigenvalue weighted by Gasteiger charge is -2.10. The molecule has 1 saturated carbocycles. The molecule has 5 heteroatoms. The summed E-state index contributed by atoms with van der Waals surface area (Å²) in [6, 6.07) is 0. The van der Waals surface area contributed by atoms with Gasteiger partial charge < -0.3 is 14.9 Å². The van der Waals surface area contributed by atoms with Crippen LogP contribution < -0.4 is 5.73 Å². The first-order valence-electron chi connectivity index (χ1n) is 7.13. The minimum Gasteiger partial charge on any atom is -0.461 e. The van der Waals surface area contributed by atoms with E-state index in [0.29, 0.717) is 18.4 Å². The van der Waals surface area contributed by atoms with E-state index < -0.39 is 5.97 Å². The summed E-state index contributed by atoms with van der Waals surface area (Å²) in [4.78, 5) is 15.8. The molecule has 106 valence electrons. The molecule has 0 spiro atoms. The van der Waals surface area contributed by atoms with Gasteiger partial charge in [0.2, 0.25) is 11.6 Å². The van der Waals surface area contributed by atoms with E-state index in [4.69, 9.17) is 14.9 Å². The molecule has 1 heterocycles. The van der Waals surface area contributed by atoms with Gasteiger partial charge in [0.05, 0.1) is 6.61 Å². The molecule has 0 radical (unpaired) electrons. The van der Waals surface area contributed by atoms with Crippen molar-refractivity contribution in [2.75, 3.05) is 12.3 Å². The monoisotopic (exact) mass is 266 g/mol. The Morgan fingerprint density at radius 3 is 2.68 bits per heavy atom. The van der Waals surface area contributed by atoms with E-state index in [1.54, 1.807) is 6.92 Å². The van der Waals surface area contributed by atoms with Crippen molar-refractivity contribution in [2.45, 2.75) is 51.9 Å². The summed E-state index contributed by atoms with van der Waals surface area (Å²) in [7, 11) is 0. The Balaban J connectivity index is 2.00. The molecule has 1 aromatic rings. The lowest BCUT2D eigenvalue weighted by molar-refractivity contribution is 0.0521. The summed E-state index contributed by atoms with van der Waals surface area (Å²) < 4.78 is 10.3. The zero-order valence-electron chi connectivity index (χ0n) is 11.5. The highest BCUT2D eigenvalue weighted by Gasteiger charge is 2.21. The highest BCUT2D eigenvalue weighted by atomic mass is 16.5. The van der Waals surface area contributed by atoms with Crippen LogP contribution >= 0.6 is 0 Å². The molecule has 0 atom stereocenters. The van der Waals surface area contributed by atoms with Crippen LogP contribution in [0.5, 0.6) is 0 Å². The number of oxazole rings is 1. The number of ether oxygens (including phenoxy) is 1. The second-order valence-corrected chi connectivity index (χ2v) is 5.10. The van der Waals surface area contributed by atoms with Crippen LogP contribution in [0.3, 0.4) is 0 Å². The first-order valence-corrected chi connectivity index (χ1v) is 7.13.